The second kappa shape index (κ2) is 3.75. The highest BCUT2D eigenvalue weighted by Gasteiger charge is 2.01. The topological polar surface area (TPSA) is 43.6 Å². The Morgan fingerprint density at radius 3 is 2.57 bits per heavy atom. The van der Waals surface area contributed by atoms with Crippen molar-refractivity contribution in [2.75, 3.05) is 0 Å². The van der Waals surface area contributed by atoms with Crippen molar-refractivity contribution < 1.29 is 0 Å². The number of halogens is 1. The summed E-state index contributed by atoms with van der Waals surface area (Å²) < 4.78 is 1.63. The molecule has 0 bridgehead atoms. The minimum absolute atomic E-state index is 0.525. The summed E-state index contributed by atoms with van der Waals surface area (Å²) in [5.74, 6) is 0.536. The van der Waals surface area contributed by atoms with E-state index in [1.807, 2.05) is 6.20 Å². The molecule has 0 radical (unpaired) electrons. The van der Waals surface area contributed by atoms with E-state index in [9.17, 15) is 0 Å². The summed E-state index contributed by atoms with van der Waals surface area (Å²) in [6.45, 7) is 2.07. The van der Waals surface area contributed by atoms with Gasteiger partial charge in [0.25, 0.3) is 5.95 Å². The van der Waals surface area contributed by atoms with Crippen LogP contribution in [0.3, 0.4) is 0 Å². The van der Waals surface area contributed by atoms with Crippen LogP contribution in [-0.2, 0) is 6.42 Å². The van der Waals surface area contributed by atoms with Crippen LogP contribution in [0.5, 0.6) is 0 Å². The molecule has 0 aliphatic heterocycles. The highest BCUT2D eigenvalue weighted by Crippen LogP contribution is 2.06. The van der Waals surface area contributed by atoms with Crippen LogP contribution in [0, 0.1) is 0 Å². The first kappa shape index (κ1) is 9.15. The van der Waals surface area contributed by atoms with Crippen LogP contribution >= 0.6 is 11.6 Å². The van der Waals surface area contributed by atoms with E-state index < -0.39 is 0 Å². The van der Waals surface area contributed by atoms with Gasteiger partial charge < -0.3 is 0 Å². The van der Waals surface area contributed by atoms with E-state index in [0.717, 1.165) is 12.0 Å². The normalized spacial score (nSPS) is 10.4. The average molecular weight is 209 g/mol. The highest BCUT2D eigenvalue weighted by atomic mass is 35.5. The van der Waals surface area contributed by atoms with Crippen LogP contribution in [0.1, 0.15) is 12.5 Å². The minimum Gasteiger partial charge on any atom is -0.218 e. The highest BCUT2D eigenvalue weighted by molar-refractivity contribution is 6.30. The van der Waals surface area contributed by atoms with Crippen LogP contribution in [0.15, 0.2) is 24.8 Å². The van der Waals surface area contributed by atoms with Crippen molar-refractivity contribution in [2.24, 2.45) is 0 Å². The summed E-state index contributed by atoms with van der Waals surface area (Å²) in [6, 6.07) is 0. The van der Waals surface area contributed by atoms with Gasteiger partial charge in [0.05, 0.1) is 23.6 Å². The molecular weight excluding hydrogens is 200 g/mol. The Hall–Kier alpha value is -1.42. The number of aromatic nitrogens is 4. The zero-order valence-electron chi connectivity index (χ0n) is 7.68. The number of hydrogen-bond acceptors (Lipinski definition) is 3. The lowest BCUT2D eigenvalue weighted by atomic mass is 10.3. The van der Waals surface area contributed by atoms with Gasteiger partial charge in [-0.15, -0.1) is 0 Å². The van der Waals surface area contributed by atoms with Crippen molar-refractivity contribution in [3.63, 3.8) is 0 Å². The van der Waals surface area contributed by atoms with E-state index in [2.05, 4.69) is 22.0 Å². The molecule has 2 rings (SSSR count). The minimum atomic E-state index is 0.525. The van der Waals surface area contributed by atoms with E-state index >= 15 is 0 Å². The maximum Gasteiger partial charge on any atom is 0.250 e. The smallest absolute Gasteiger partial charge is 0.218 e. The van der Waals surface area contributed by atoms with Crippen molar-refractivity contribution in [2.45, 2.75) is 13.3 Å². The molecule has 0 aromatic carbocycles. The van der Waals surface area contributed by atoms with Gasteiger partial charge in [-0.3, -0.25) is 0 Å². The predicted molar refractivity (Wildman–Crippen MR) is 53.5 cm³/mol. The van der Waals surface area contributed by atoms with E-state index in [0.29, 0.717) is 11.0 Å². The summed E-state index contributed by atoms with van der Waals surface area (Å²) in [5.41, 5.74) is 1.16. The van der Waals surface area contributed by atoms with Gasteiger partial charge in [-0.2, -0.15) is 5.10 Å². The molecule has 0 aliphatic carbocycles. The molecule has 0 saturated heterocycles. The van der Waals surface area contributed by atoms with Crippen molar-refractivity contribution in [3.05, 3.63) is 35.4 Å². The van der Waals surface area contributed by atoms with Gasteiger partial charge in [0, 0.05) is 6.20 Å². The lowest BCUT2D eigenvalue weighted by molar-refractivity contribution is 0.807. The lowest BCUT2D eigenvalue weighted by Gasteiger charge is -1.97. The fourth-order valence-corrected chi connectivity index (χ4v) is 1.17. The zero-order chi connectivity index (χ0) is 9.97. The summed E-state index contributed by atoms with van der Waals surface area (Å²) >= 11 is 5.68. The molecule has 0 spiro atoms. The van der Waals surface area contributed by atoms with Crippen LogP contribution in [0.25, 0.3) is 5.95 Å². The quantitative estimate of drug-likeness (QED) is 0.757. The Morgan fingerprint density at radius 2 is 2.00 bits per heavy atom. The number of rotatable bonds is 2. The third-order valence-electron chi connectivity index (χ3n) is 1.86. The molecule has 0 N–H and O–H groups in total. The largest absolute Gasteiger partial charge is 0.250 e. The van der Waals surface area contributed by atoms with E-state index in [1.165, 1.54) is 0 Å². The fourth-order valence-electron chi connectivity index (χ4n) is 1.08. The van der Waals surface area contributed by atoms with Crippen molar-refractivity contribution in [1.82, 2.24) is 19.7 Å². The van der Waals surface area contributed by atoms with Gasteiger partial charge in [-0.1, -0.05) is 18.5 Å². The van der Waals surface area contributed by atoms with E-state index in [4.69, 9.17) is 11.6 Å². The van der Waals surface area contributed by atoms with Gasteiger partial charge in [-0.05, 0) is 12.0 Å². The second-order valence-corrected chi connectivity index (χ2v) is 3.28. The molecule has 5 heteroatoms. The Bertz CT molecular complexity index is 421. The van der Waals surface area contributed by atoms with Crippen LogP contribution < -0.4 is 0 Å². The number of nitrogens with zero attached hydrogens (tertiary/aromatic N) is 4. The molecule has 2 aromatic heterocycles. The first-order valence-electron chi connectivity index (χ1n) is 4.31. The van der Waals surface area contributed by atoms with Crippen LogP contribution in [-0.4, -0.2) is 19.7 Å². The molecule has 2 heterocycles. The van der Waals surface area contributed by atoms with E-state index in [1.54, 1.807) is 23.3 Å². The first-order valence-corrected chi connectivity index (χ1v) is 4.69. The van der Waals surface area contributed by atoms with Gasteiger partial charge in [0.15, 0.2) is 0 Å². The molecule has 72 valence electrons. The second-order valence-electron chi connectivity index (χ2n) is 2.85. The summed E-state index contributed by atoms with van der Waals surface area (Å²) in [5, 5.41) is 4.66. The maximum absolute atomic E-state index is 5.68. The van der Waals surface area contributed by atoms with Gasteiger partial charge >= 0.3 is 0 Å². The Balaban J connectivity index is 2.34. The first-order chi connectivity index (χ1) is 6.79. The molecule has 2 aromatic rings. The summed E-state index contributed by atoms with van der Waals surface area (Å²) in [4.78, 5) is 8.11. The summed E-state index contributed by atoms with van der Waals surface area (Å²) in [7, 11) is 0. The number of hydrogen-bond donors (Lipinski definition) is 0. The van der Waals surface area contributed by atoms with Gasteiger partial charge in [0.2, 0.25) is 0 Å². The van der Waals surface area contributed by atoms with E-state index in [-0.39, 0.29) is 0 Å². The SMILES string of the molecule is CCc1cnn(-c2ncc(Cl)cn2)c1. The lowest BCUT2D eigenvalue weighted by Crippen LogP contribution is -2.00. The van der Waals surface area contributed by atoms with Crippen molar-refractivity contribution in [1.29, 1.82) is 0 Å². The Kier molecular flexibility index (Phi) is 2.45. The van der Waals surface area contributed by atoms with Crippen LogP contribution in [0.2, 0.25) is 5.02 Å². The molecule has 0 aliphatic rings. The number of aryl methyl sites for hydroxylation is 1. The van der Waals surface area contributed by atoms with Gasteiger partial charge in [0.1, 0.15) is 0 Å². The molecule has 0 amide bonds. The molecule has 0 atom stereocenters. The predicted octanol–water partition coefficient (Wildman–Crippen LogP) is 1.88. The molecule has 0 unspecified atom stereocenters. The Morgan fingerprint density at radius 1 is 1.29 bits per heavy atom. The zero-order valence-corrected chi connectivity index (χ0v) is 8.44. The maximum atomic E-state index is 5.68. The van der Waals surface area contributed by atoms with Crippen LogP contribution in [0.4, 0.5) is 0 Å². The molecular formula is C9H9ClN4. The van der Waals surface area contributed by atoms with Crippen molar-refractivity contribution >= 4 is 11.6 Å². The fraction of sp³-hybridized carbons (Fsp3) is 0.222. The molecule has 0 saturated carbocycles. The third-order valence-corrected chi connectivity index (χ3v) is 2.05. The summed E-state index contributed by atoms with van der Waals surface area (Å²) in [6.07, 6.45) is 7.77. The molecule has 4 nitrogen and oxygen atoms in total. The average Bonchev–Trinajstić information content (AvgIpc) is 2.67. The standard InChI is InChI=1S/C9H9ClN4/c1-2-7-3-13-14(6-7)9-11-4-8(10)5-12-9/h3-6H,2H2,1H3. The van der Waals surface area contributed by atoms with Gasteiger partial charge in [-0.25, -0.2) is 14.6 Å². The third kappa shape index (κ3) is 1.75. The molecule has 14 heavy (non-hydrogen) atoms. The Labute approximate surface area is 86.6 Å². The molecule has 0 fully saturated rings. The van der Waals surface area contributed by atoms with Crippen molar-refractivity contribution in [3.8, 4) is 5.95 Å². The monoisotopic (exact) mass is 208 g/mol.